The number of carbonyl (C=O) groups is 1. The van der Waals surface area contributed by atoms with Gasteiger partial charge in [-0.3, -0.25) is 9.48 Å². The standard InChI is InChI=1S/C13H14N2O2/c1-15-11-6-8(7-12(16)17)2-5-10(11)13(14-15)9-3-4-9/h2,5-6,9H,3-4,7H2,1H3,(H,16,17). The van der Waals surface area contributed by atoms with Crippen LogP contribution in [0.5, 0.6) is 0 Å². The van der Waals surface area contributed by atoms with Crippen molar-refractivity contribution in [2.24, 2.45) is 7.05 Å². The third-order valence-electron chi connectivity index (χ3n) is 3.26. The van der Waals surface area contributed by atoms with E-state index >= 15 is 0 Å². The van der Waals surface area contributed by atoms with Crippen LogP contribution >= 0.6 is 0 Å². The van der Waals surface area contributed by atoms with E-state index in [0.717, 1.165) is 11.1 Å². The molecule has 1 aromatic carbocycles. The molecule has 1 aliphatic carbocycles. The highest BCUT2D eigenvalue weighted by molar-refractivity contribution is 5.84. The molecule has 0 saturated heterocycles. The van der Waals surface area contributed by atoms with Crippen molar-refractivity contribution in [2.75, 3.05) is 0 Å². The third kappa shape index (κ3) is 1.79. The Hall–Kier alpha value is -1.84. The van der Waals surface area contributed by atoms with E-state index < -0.39 is 5.97 Å². The molecular weight excluding hydrogens is 216 g/mol. The Morgan fingerprint density at radius 1 is 1.53 bits per heavy atom. The number of rotatable bonds is 3. The van der Waals surface area contributed by atoms with E-state index in [4.69, 9.17) is 5.11 Å². The smallest absolute Gasteiger partial charge is 0.307 e. The second kappa shape index (κ2) is 3.58. The van der Waals surface area contributed by atoms with Gasteiger partial charge in [-0.2, -0.15) is 5.10 Å². The van der Waals surface area contributed by atoms with Crippen LogP contribution in [0, 0.1) is 0 Å². The number of benzene rings is 1. The van der Waals surface area contributed by atoms with Gasteiger partial charge in [0.1, 0.15) is 0 Å². The minimum atomic E-state index is -0.797. The molecule has 0 bridgehead atoms. The quantitative estimate of drug-likeness (QED) is 0.878. The SMILES string of the molecule is Cn1nc(C2CC2)c2ccc(CC(=O)O)cc21. The van der Waals surface area contributed by atoms with Gasteiger partial charge in [0.15, 0.2) is 0 Å². The Morgan fingerprint density at radius 3 is 2.94 bits per heavy atom. The molecule has 1 fully saturated rings. The lowest BCUT2D eigenvalue weighted by Crippen LogP contribution is -2.00. The van der Waals surface area contributed by atoms with Gasteiger partial charge in [0.05, 0.1) is 17.6 Å². The molecule has 4 nitrogen and oxygen atoms in total. The van der Waals surface area contributed by atoms with Crippen LogP contribution in [0.2, 0.25) is 0 Å². The molecule has 0 amide bonds. The summed E-state index contributed by atoms with van der Waals surface area (Å²) in [5.41, 5.74) is 3.03. The maximum absolute atomic E-state index is 10.7. The number of fused-ring (bicyclic) bond motifs is 1. The Balaban J connectivity index is 2.09. The minimum absolute atomic E-state index is 0.0693. The average molecular weight is 230 g/mol. The van der Waals surface area contributed by atoms with Gasteiger partial charge in [0.25, 0.3) is 0 Å². The van der Waals surface area contributed by atoms with Crippen LogP contribution in [0.4, 0.5) is 0 Å². The molecular formula is C13H14N2O2. The monoisotopic (exact) mass is 230 g/mol. The fourth-order valence-electron chi connectivity index (χ4n) is 2.27. The second-order valence-corrected chi connectivity index (χ2v) is 4.71. The van der Waals surface area contributed by atoms with Crippen LogP contribution in [-0.4, -0.2) is 20.9 Å². The maximum atomic E-state index is 10.7. The van der Waals surface area contributed by atoms with Crippen molar-refractivity contribution in [1.29, 1.82) is 0 Å². The van der Waals surface area contributed by atoms with Crippen molar-refractivity contribution < 1.29 is 9.90 Å². The molecule has 17 heavy (non-hydrogen) atoms. The van der Waals surface area contributed by atoms with Gasteiger partial charge >= 0.3 is 5.97 Å². The van der Waals surface area contributed by atoms with Gasteiger partial charge in [-0.1, -0.05) is 12.1 Å². The second-order valence-electron chi connectivity index (χ2n) is 4.71. The van der Waals surface area contributed by atoms with Gasteiger partial charge in [-0.15, -0.1) is 0 Å². The van der Waals surface area contributed by atoms with Crippen LogP contribution in [0.3, 0.4) is 0 Å². The molecule has 1 saturated carbocycles. The van der Waals surface area contributed by atoms with Crippen LogP contribution in [0.25, 0.3) is 10.9 Å². The van der Waals surface area contributed by atoms with Crippen molar-refractivity contribution >= 4 is 16.9 Å². The van der Waals surface area contributed by atoms with Gasteiger partial charge in [0, 0.05) is 18.4 Å². The molecule has 0 aliphatic heterocycles. The molecule has 4 heteroatoms. The molecule has 0 atom stereocenters. The van der Waals surface area contributed by atoms with Gasteiger partial charge in [-0.05, 0) is 24.5 Å². The summed E-state index contributed by atoms with van der Waals surface area (Å²) in [6, 6.07) is 5.83. The molecule has 88 valence electrons. The summed E-state index contributed by atoms with van der Waals surface area (Å²) in [6.45, 7) is 0. The lowest BCUT2D eigenvalue weighted by atomic mass is 10.1. The molecule has 1 aliphatic rings. The molecule has 0 spiro atoms. The van der Waals surface area contributed by atoms with E-state index in [2.05, 4.69) is 5.10 Å². The summed E-state index contributed by atoms with van der Waals surface area (Å²) in [5.74, 6) is -0.182. The molecule has 1 aromatic heterocycles. The molecule has 2 aromatic rings. The van der Waals surface area contributed by atoms with E-state index in [1.54, 1.807) is 0 Å². The molecule has 1 heterocycles. The van der Waals surface area contributed by atoms with Crippen molar-refractivity contribution in [3.63, 3.8) is 0 Å². The van der Waals surface area contributed by atoms with E-state index in [0.29, 0.717) is 5.92 Å². The normalized spacial score (nSPS) is 15.4. The van der Waals surface area contributed by atoms with Gasteiger partial charge in [0.2, 0.25) is 0 Å². The van der Waals surface area contributed by atoms with Crippen molar-refractivity contribution in [1.82, 2.24) is 9.78 Å². The Kier molecular flexibility index (Phi) is 2.18. The zero-order valence-corrected chi connectivity index (χ0v) is 9.68. The summed E-state index contributed by atoms with van der Waals surface area (Å²) in [4.78, 5) is 10.7. The zero-order chi connectivity index (χ0) is 12.0. The highest BCUT2D eigenvalue weighted by atomic mass is 16.4. The average Bonchev–Trinajstić information content (AvgIpc) is 3.05. The number of nitrogens with zero attached hydrogens (tertiary/aromatic N) is 2. The van der Waals surface area contributed by atoms with E-state index in [9.17, 15) is 4.79 Å². The first-order valence-electron chi connectivity index (χ1n) is 5.82. The Labute approximate surface area is 98.9 Å². The summed E-state index contributed by atoms with van der Waals surface area (Å²) in [5, 5.41) is 14.5. The number of carboxylic acids is 1. The summed E-state index contributed by atoms with van der Waals surface area (Å²) < 4.78 is 1.86. The predicted octanol–water partition coefficient (Wildman–Crippen LogP) is 2.08. The summed E-state index contributed by atoms with van der Waals surface area (Å²) in [6.07, 6.45) is 2.52. The highest BCUT2D eigenvalue weighted by Crippen LogP contribution is 2.42. The first-order valence-corrected chi connectivity index (χ1v) is 5.82. The molecule has 0 radical (unpaired) electrons. The third-order valence-corrected chi connectivity index (χ3v) is 3.26. The maximum Gasteiger partial charge on any atom is 0.307 e. The predicted molar refractivity (Wildman–Crippen MR) is 64.0 cm³/mol. The van der Waals surface area contributed by atoms with Gasteiger partial charge in [-0.25, -0.2) is 0 Å². The molecule has 3 rings (SSSR count). The highest BCUT2D eigenvalue weighted by Gasteiger charge is 2.28. The topological polar surface area (TPSA) is 55.1 Å². The van der Waals surface area contributed by atoms with Gasteiger partial charge < -0.3 is 5.11 Å². The number of hydrogen-bond donors (Lipinski definition) is 1. The van der Waals surface area contributed by atoms with Crippen LogP contribution in [0.15, 0.2) is 18.2 Å². The van der Waals surface area contributed by atoms with E-state index in [-0.39, 0.29) is 6.42 Å². The lowest BCUT2D eigenvalue weighted by molar-refractivity contribution is -0.136. The zero-order valence-electron chi connectivity index (χ0n) is 9.68. The number of aliphatic carboxylic acids is 1. The first-order chi connectivity index (χ1) is 8.15. The number of carboxylic acid groups (broad SMARTS) is 1. The largest absolute Gasteiger partial charge is 0.481 e. The van der Waals surface area contributed by atoms with Crippen molar-refractivity contribution in [3.8, 4) is 0 Å². The lowest BCUT2D eigenvalue weighted by Gasteiger charge is -1.99. The summed E-state index contributed by atoms with van der Waals surface area (Å²) >= 11 is 0. The number of aromatic nitrogens is 2. The first kappa shape index (κ1) is 10.3. The summed E-state index contributed by atoms with van der Waals surface area (Å²) in [7, 11) is 1.92. The molecule has 1 N–H and O–H groups in total. The van der Waals surface area contributed by atoms with Crippen molar-refractivity contribution in [3.05, 3.63) is 29.5 Å². The van der Waals surface area contributed by atoms with E-state index in [1.807, 2.05) is 29.9 Å². The van der Waals surface area contributed by atoms with E-state index in [1.165, 1.54) is 23.9 Å². The minimum Gasteiger partial charge on any atom is -0.481 e. The number of aryl methyl sites for hydroxylation is 1. The van der Waals surface area contributed by atoms with Crippen LogP contribution < -0.4 is 0 Å². The van der Waals surface area contributed by atoms with Crippen molar-refractivity contribution in [2.45, 2.75) is 25.2 Å². The van der Waals surface area contributed by atoms with Crippen LogP contribution in [0.1, 0.15) is 30.0 Å². The molecule has 0 unspecified atom stereocenters. The fourth-order valence-corrected chi connectivity index (χ4v) is 2.27. The van der Waals surface area contributed by atoms with Crippen LogP contribution in [-0.2, 0) is 18.3 Å². The fraction of sp³-hybridized carbons (Fsp3) is 0.385. The Bertz CT molecular complexity index is 597. The Morgan fingerprint density at radius 2 is 2.29 bits per heavy atom. The number of hydrogen-bond acceptors (Lipinski definition) is 2.